The lowest BCUT2D eigenvalue weighted by Crippen LogP contribution is -2.47. The Balaban J connectivity index is 4.26. The number of carbonyl (C=O) groups excluding carboxylic acids is 1. The number of rotatable bonds is 7. The van der Waals surface area contributed by atoms with E-state index in [1.165, 1.54) is 0 Å². The summed E-state index contributed by atoms with van der Waals surface area (Å²) in [6.07, 6.45) is 4.79. The summed E-state index contributed by atoms with van der Waals surface area (Å²) < 4.78 is 0. The molecule has 0 saturated carbocycles. The minimum Gasteiger partial charge on any atom is -0.341 e. The predicted molar refractivity (Wildman–Crippen MR) is 68.1 cm³/mol. The Kier molecular flexibility index (Phi) is 7.88. The number of likely N-dealkylation sites (N-methyl/N-ethyl adjacent to an activating group) is 1. The first-order valence-electron chi connectivity index (χ1n) is 5.59. The maximum atomic E-state index is 11.9. The quantitative estimate of drug-likeness (QED) is 0.727. The van der Waals surface area contributed by atoms with Crippen LogP contribution in [-0.4, -0.2) is 41.9 Å². The van der Waals surface area contributed by atoms with E-state index < -0.39 is 0 Å². The number of thioether (sulfide) groups is 1. The fourth-order valence-corrected chi connectivity index (χ4v) is 2.42. The highest BCUT2D eigenvalue weighted by atomic mass is 32.2. The van der Waals surface area contributed by atoms with Crippen LogP contribution in [0.25, 0.3) is 0 Å². The van der Waals surface area contributed by atoms with Crippen molar-refractivity contribution in [2.45, 2.75) is 45.2 Å². The summed E-state index contributed by atoms with van der Waals surface area (Å²) in [5.41, 5.74) is 5.82. The van der Waals surface area contributed by atoms with Crippen molar-refractivity contribution in [1.29, 1.82) is 0 Å². The first kappa shape index (κ1) is 14.8. The summed E-state index contributed by atoms with van der Waals surface area (Å²) >= 11 is 1.77. The summed E-state index contributed by atoms with van der Waals surface area (Å²) in [4.78, 5) is 13.7. The average Bonchev–Trinajstić information content (AvgIpc) is 2.24. The lowest BCUT2D eigenvalue weighted by atomic mass is 10.1. The van der Waals surface area contributed by atoms with Crippen LogP contribution in [-0.2, 0) is 4.79 Å². The molecule has 0 spiro atoms. The molecule has 15 heavy (non-hydrogen) atoms. The molecule has 0 rings (SSSR count). The Morgan fingerprint density at radius 1 is 1.47 bits per heavy atom. The molecule has 2 atom stereocenters. The third-order valence-electron chi connectivity index (χ3n) is 2.64. The fourth-order valence-electron chi connectivity index (χ4n) is 1.57. The molecule has 0 aliphatic rings. The van der Waals surface area contributed by atoms with E-state index in [1.807, 2.05) is 18.9 Å². The largest absolute Gasteiger partial charge is 0.341 e. The molecule has 4 heteroatoms. The van der Waals surface area contributed by atoms with Crippen LogP contribution in [0.5, 0.6) is 0 Å². The van der Waals surface area contributed by atoms with Crippen LogP contribution in [0.2, 0.25) is 0 Å². The number of hydrogen-bond donors (Lipinski definition) is 1. The fraction of sp³-hybridized carbons (Fsp3) is 0.909. The molecule has 1 amide bonds. The summed E-state index contributed by atoms with van der Waals surface area (Å²) in [6, 6.07) is -0.00804. The average molecular weight is 232 g/mol. The summed E-state index contributed by atoms with van der Waals surface area (Å²) in [7, 11) is 1.86. The third kappa shape index (κ3) is 4.89. The van der Waals surface area contributed by atoms with E-state index in [4.69, 9.17) is 5.73 Å². The molecule has 0 aliphatic heterocycles. The number of carbonyl (C=O) groups is 1. The van der Waals surface area contributed by atoms with Gasteiger partial charge in [-0.15, -0.1) is 0 Å². The Morgan fingerprint density at radius 3 is 2.47 bits per heavy atom. The van der Waals surface area contributed by atoms with E-state index in [-0.39, 0.29) is 11.9 Å². The van der Waals surface area contributed by atoms with Gasteiger partial charge in [-0.25, -0.2) is 0 Å². The number of hydrogen-bond acceptors (Lipinski definition) is 3. The highest BCUT2D eigenvalue weighted by Crippen LogP contribution is 2.10. The van der Waals surface area contributed by atoms with Gasteiger partial charge in [-0.3, -0.25) is 4.79 Å². The van der Waals surface area contributed by atoms with Gasteiger partial charge in [-0.05, 0) is 19.1 Å². The van der Waals surface area contributed by atoms with Crippen molar-refractivity contribution >= 4 is 17.7 Å². The lowest BCUT2D eigenvalue weighted by Gasteiger charge is -2.29. The maximum absolute atomic E-state index is 11.9. The van der Waals surface area contributed by atoms with Crippen LogP contribution in [0, 0.1) is 0 Å². The van der Waals surface area contributed by atoms with Crippen molar-refractivity contribution < 1.29 is 4.79 Å². The van der Waals surface area contributed by atoms with Crippen molar-refractivity contribution in [2.24, 2.45) is 5.73 Å². The standard InChI is InChI=1S/C11H24N2OS/c1-5-7-10(12)11(14)13(3)9(6-2)8-15-4/h9-10H,5-8,12H2,1-4H3/t9?,10-/m0/s1. The number of nitrogens with two attached hydrogens (primary N) is 1. The molecule has 0 saturated heterocycles. The van der Waals surface area contributed by atoms with Crippen molar-refractivity contribution in [3.05, 3.63) is 0 Å². The van der Waals surface area contributed by atoms with Crippen molar-refractivity contribution in [2.75, 3.05) is 19.1 Å². The van der Waals surface area contributed by atoms with Crippen LogP contribution < -0.4 is 5.73 Å². The van der Waals surface area contributed by atoms with Gasteiger partial charge in [0.1, 0.15) is 0 Å². The molecule has 0 heterocycles. The molecule has 0 fully saturated rings. The van der Waals surface area contributed by atoms with Gasteiger partial charge in [0.15, 0.2) is 0 Å². The van der Waals surface area contributed by atoms with E-state index in [0.717, 1.165) is 25.0 Å². The van der Waals surface area contributed by atoms with Gasteiger partial charge in [0.25, 0.3) is 0 Å². The molecule has 90 valence electrons. The molecule has 0 bridgehead atoms. The Labute approximate surface area is 97.8 Å². The van der Waals surface area contributed by atoms with E-state index in [1.54, 1.807) is 11.8 Å². The van der Waals surface area contributed by atoms with Crippen LogP contribution in [0.15, 0.2) is 0 Å². The second kappa shape index (κ2) is 7.99. The molecule has 0 aromatic rings. The molecule has 2 N–H and O–H groups in total. The summed E-state index contributed by atoms with van der Waals surface area (Å²) in [6.45, 7) is 4.16. The first-order chi connectivity index (χ1) is 7.08. The second-order valence-electron chi connectivity index (χ2n) is 3.86. The van der Waals surface area contributed by atoms with E-state index in [9.17, 15) is 4.79 Å². The normalized spacial score (nSPS) is 14.7. The highest BCUT2D eigenvalue weighted by molar-refractivity contribution is 7.98. The van der Waals surface area contributed by atoms with Gasteiger partial charge < -0.3 is 10.6 Å². The minimum absolute atomic E-state index is 0.0813. The summed E-state index contributed by atoms with van der Waals surface area (Å²) in [5.74, 6) is 1.06. The van der Waals surface area contributed by atoms with Crippen LogP contribution in [0.3, 0.4) is 0 Å². The number of nitrogens with zero attached hydrogens (tertiary/aromatic N) is 1. The minimum atomic E-state index is -0.323. The summed E-state index contributed by atoms with van der Waals surface area (Å²) in [5, 5.41) is 0. The van der Waals surface area contributed by atoms with E-state index >= 15 is 0 Å². The predicted octanol–water partition coefficient (Wildman–Crippen LogP) is 1.71. The monoisotopic (exact) mass is 232 g/mol. The molecule has 1 unspecified atom stereocenters. The molecule has 0 aromatic heterocycles. The molecule has 0 aromatic carbocycles. The maximum Gasteiger partial charge on any atom is 0.239 e. The Morgan fingerprint density at radius 2 is 2.07 bits per heavy atom. The van der Waals surface area contributed by atoms with Gasteiger partial charge in [0.05, 0.1) is 6.04 Å². The Hall–Kier alpha value is -0.220. The smallest absolute Gasteiger partial charge is 0.239 e. The van der Waals surface area contributed by atoms with Crippen LogP contribution >= 0.6 is 11.8 Å². The van der Waals surface area contributed by atoms with Gasteiger partial charge in [0.2, 0.25) is 5.91 Å². The molecular formula is C11H24N2OS. The highest BCUT2D eigenvalue weighted by Gasteiger charge is 2.22. The zero-order valence-corrected chi connectivity index (χ0v) is 11.1. The molecule has 0 aliphatic carbocycles. The Bertz CT molecular complexity index is 187. The lowest BCUT2D eigenvalue weighted by molar-refractivity contribution is -0.133. The van der Waals surface area contributed by atoms with Crippen LogP contribution in [0.1, 0.15) is 33.1 Å². The van der Waals surface area contributed by atoms with E-state index in [2.05, 4.69) is 13.2 Å². The SMILES string of the molecule is CCC[C@H](N)C(=O)N(C)C(CC)CSC. The molecular weight excluding hydrogens is 208 g/mol. The molecule has 0 radical (unpaired) electrons. The van der Waals surface area contributed by atoms with Crippen molar-refractivity contribution in [3.8, 4) is 0 Å². The first-order valence-corrected chi connectivity index (χ1v) is 6.98. The third-order valence-corrected chi connectivity index (χ3v) is 3.36. The zero-order valence-electron chi connectivity index (χ0n) is 10.3. The van der Waals surface area contributed by atoms with E-state index in [0.29, 0.717) is 6.04 Å². The topological polar surface area (TPSA) is 46.3 Å². The van der Waals surface area contributed by atoms with Crippen LogP contribution in [0.4, 0.5) is 0 Å². The molecule has 3 nitrogen and oxygen atoms in total. The van der Waals surface area contributed by atoms with Gasteiger partial charge in [0, 0.05) is 18.8 Å². The van der Waals surface area contributed by atoms with Crippen molar-refractivity contribution in [1.82, 2.24) is 4.90 Å². The van der Waals surface area contributed by atoms with Crippen molar-refractivity contribution in [3.63, 3.8) is 0 Å². The number of amides is 1. The van der Waals surface area contributed by atoms with Gasteiger partial charge >= 0.3 is 0 Å². The second-order valence-corrected chi connectivity index (χ2v) is 4.77. The van der Waals surface area contributed by atoms with Gasteiger partial charge in [-0.1, -0.05) is 20.3 Å². The van der Waals surface area contributed by atoms with Gasteiger partial charge in [-0.2, -0.15) is 11.8 Å². The zero-order chi connectivity index (χ0) is 11.8.